The molecule has 94 valence electrons. The van der Waals surface area contributed by atoms with Crippen LogP contribution in [0, 0.1) is 0 Å². The Morgan fingerprint density at radius 3 is 2.82 bits per heavy atom. The van der Waals surface area contributed by atoms with Crippen LogP contribution in [0.2, 0.25) is 5.02 Å². The second-order valence-electron chi connectivity index (χ2n) is 3.43. The van der Waals surface area contributed by atoms with Gasteiger partial charge in [0.2, 0.25) is 0 Å². The Hall–Kier alpha value is -1.46. The minimum absolute atomic E-state index is 0.0898. The molecule has 0 aliphatic rings. The number of carbonyl (C=O) groups is 1. The molecule has 0 spiro atoms. The normalized spacial score (nSPS) is 10.1. The Kier molecular flexibility index (Phi) is 5.06. The van der Waals surface area contributed by atoms with E-state index in [2.05, 4.69) is 4.84 Å². The Bertz CT molecular complexity index is 409. The number of methoxy groups -OCH3 is 1. The van der Waals surface area contributed by atoms with Gasteiger partial charge in [-0.1, -0.05) is 17.7 Å². The van der Waals surface area contributed by atoms with E-state index in [0.717, 1.165) is 5.56 Å². The number of benzene rings is 1. The maximum Gasteiger partial charge on any atom is 0.324 e. The summed E-state index contributed by atoms with van der Waals surface area (Å²) < 4.78 is 4.92. The van der Waals surface area contributed by atoms with Crippen LogP contribution < -0.4 is 10.6 Å². The molecule has 3 N–H and O–H groups in total. The molecule has 17 heavy (non-hydrogen) atoms. The number of hydrogen-bond donors (Lipinski definition) is 2. The van der Waals surface area contributed by atoms with Gasteiger partial charge in [-0.3, -0.25) is 4.79 Å². The third kappa shape index (κ3) is 3.51. The van der Waals surface area contributed by atoms with Crippen LogP contribution in [-0.4, -0.2) is 18.2 Å². The monoisotopic (exact) mass is 259 g/mol. The lowest BCUT2D eigenvalue weighted by Gasteiger charge is -2.09. The minimum atomic E-state index is -0.473. The predicted octanol–water partition coefficient (Wildman–Crippen LogP) is 1.79. The lowest BCUT2D eigenvalue weighted by molar-refractivity contribution is -0.144. The maximum atomic E-state index is 10.8. The number of aryl methyl sites for hydroxylation is 1. The smallest absolute Gasteiger partial charge is 0.324 e. The van der Waals surface area contributed by atoms with Crippen molar-refractivity contribution in [1.29, 1.82) is 0 Å². The zero-order chi connectivity index (χ0) is 12.8. The van der Waals surface area contributed by atoms with Crippen molar-refractivity contribution in [3.8, 4) is 11.5 Å². The van der Waals surface area contributed by atoms with Crippen molar-refractivity contribution in [3.63, 3.8) is 0 Å². The molecule has 0 fully saturated rings. The molecule has 0 bridgehead atoms. The van der Waals surface area contributed by atoms with Crippen LogP contribution in [0.4, 0.5) is 0 Å². The number of halogens is 1. The summed E-state index contributed by atoms with van der Waals surface area (Å²) in [6.45, 7) is 0. The van der Waals surface area contributed by atoms with Crippen molar-refractivity contribution in [1.82, 2.24) is 0 Å². The fourth-order valence-corrected chi connectivity index (χ4v) is 1.68. The summed E-state index contributed by atoms with van der Waals surface area (Å²) in [5, 5.41) is 9.91. The van der Waals surface area contributed by atoms with Gasteiger partial charge in [-0.25, -0.2) is 0 Å². The summed E-state index contributed by atoms with van der Waals surface area (Å²) in [6, 6.07) is 3.37. The summed E-state index contributed by atoms with van der Waals surface area (Å²) in [7, 11) is 1.45. The van der Waals surface area contributed by atoms with Crippen molar-refractivity contribution in [2.45, 2.75) is 19.3 Å². The standard InChI is InChI=1S/C11H14ClNO4/c1-16-8-6-5-7(10(12)11(8)15)3-2-4-9(14)17-13/h5-6,15H,2-4,13H2,1H3. The van der Waals surface area contributed by atoms with Gasteiger partial charge >= 0.3 is 5.97 Å². The molecule has 1 aromatic carbocycles. The van der Waals surface area contributed by atoms with Gasteiger partial charge in [0, 0.05) is 6.42 Å². The Balaban J connectivity index is 2.66. The van der Waals surface area contributed by atoms with E-state index in [1.165, 1.54) is 7.11 Å². The molecule has 5 nitrogen and oxygen atoms in total. The Morgan fingerprint density at radius 2 is 2.24 bits per heavy atom. The highest BCUT2D eigenvalue weighted by Gasteiger charge is 2.11. The van der Waals surface area contributed by atoms with E-state index in [-0.39, 0.29) is 17.2 Å². The first-order valence-corrected chi connectivity index (χ1v) is 5.41. The quantitative estimate of drug-likeness (QED) is 0.788. The molecule has 6 heteroatoms. The third-order valence-corrected chi connectivity index (χ3v) is 2.76. The zero-order valence-electron chi connectivity index (χ0n) is 9.40. The number of phenols is 1. The minimum Gasteiger partial charge on any atom is -0.503 e. The second-order valence-corrected chi connectivity index (χ2v) is 3.81. The molecule has 1 rings (SSSR count). The average molecular weight is 260 g/mol. The van der Waals surface area contributed by atoms with Crippen LogP contribution in [0.3, 0.4) is 0 Å². The molecular weight excluding hydrogens is 246 g/mol. The second kappa shape index (κ2) is 6.32. The summed E-state index contributed by atoms with van der Waals surface area (Å²) >= 11 is 5.96. The van der Waals surface area contributed by atoms with Crippen LogP contribution in [0.1, 0.15) is 18.4 Å². The lowest BCUT2D eigenvalue weighted by atomic mass is 10.1. The number of carbonyl (C=O) groups excluding carboxylic acids is 1. The van der Waals surface area contributed by atoms with E-state index in [4.69, 9.17) is 22.2 Å². The van der Waals surface area contributed by atoms with Crippen LogP contribution in [0.25, 0.3) is 0 Å². The average Bonchev–Trinajstić information content (AvgIpc) is 2.34. The lowest BCUT2D eigenvalue weighted by Crippen LogP contribution is -2.09. The van der Waals surface area contributed by atoms with Crippen molar-refractivity contribution >= 4 is 17.6 Å². The number of rotatable bonds is 5. The topological polar surface area (TPSA) is 81.8 Å². The number of ether oxygens (including phenoxy) is 1. The SMILES string of the molecule is COc1ccc(CCCC(=O)ON)c(Cl)c1O. The van der Waals surface area contributed by atoms with Crippen LogP contribution in [0.5, 0.6) is 11.5 Å². The van der Waals surface area contributed by atoms with Crippen molar-refractivity contribution in [3.05, 3.63) is 22.7 Å². The van der Waals surface area contributed by atoms with Gasteiger partial charge in [-0.15, -0.1) is 0 Å². The molecule has 0 radical (unpaired) electrons. The molecule has 0 aliphatic carbocycles. The van der Waals surface area contributed by atoms with Gasteiger partial charge in [0.1, 0.15) is 0 Å². The van der Waals surface area contributed by atoms with Gasteiger partial charge in [-0.05, 0) is 24.5 Å². The largest absolute Gasteiger partial charge is 0.503 e. The molecule has 0 amide bonds. The van der Waals surface area contributed by atoms with E-state index in [0.29, 0.717) is 18.6 Å². The fourth-order valence-electron chi connectivity index (χ4n) is 1.43. The highest BCUT2D eigenvalue weighted by atomic mass is 35.5. The summed E-state index contributed by atoms with van der Waals surface area (Å²) in [6.07, 6.45) is 1.30. The number of phenolic OH excluding ortho intramolecular Hbond substituents is 1. The summed E-state index contributed by atoms with van der Waals surface area (Å²) in [4.78, 5) is 14.8. The summed E-state index contributed by atoms with van der Waals surface area (Å²) in [5.74, 6) is 4.47. The third-order valence-electron chi connectivity index (χ3n) is 2.34. The molecule has 0 unspecified atom stereocenters. The molecule has 0 aromatic heterocycles. The Morgan fingerprint density at radius 1 is 1.53 bits per heavy atom. The molecule has 0 saturated carbocycles. The first-order valence-electron chi connectivity index (χ1n) is 5.04. The van der Waals surface area contributed by atoms with Crippen LogP contribution in [0.15, 0.2) is 12.1 Å². The molecule has 1 aromatic rings. The van der Waals surface area contributed by atoms with Gasteiger partial charge in [-0.2, -0.15) is 5.90 Å². The van der Waals surface area contributed by atoms with Gasteiger partial charge in [0.15, 0.2) is 11.5 Å². The van der Waals surface area contributed by atoms with Crippen molar-refractivity contribution < 1.29 is 19.5 Å². The van der Waals surface area contributed by atoms with Crippen LogP contribution >= 0.6 is 11.6 Å². The molecule has 0 saturated heterocycles. The van der Waals surface area contributed by atoms with Crippen LogP contribution in [-0.2, 0) is 16.1 Å². The fraction of sp³-hybridized carbons (Fsp3) is 0.364. The van der Waals surface area contributed by atoms with Gasteiger partial charge in [0.05, 0.1) is 12.1 Å². The molecule has 0 heterocycles. The van der Waals surface area contributed by atoms with Gasteiger partial charge in [0.25, 0.3) is 0 Å². The molecule has 0 aliphatic heterocycles. The van der Waals surface area contributed by atoms with E-state index >= 15 is 0 Å². The molecule has 0 atom stereocenters. The number of nitrogens with two attached hydrogens (primary N) is 1. The van der Waals surface area contributed by atoms with E-state index < -0.39 is 5.97 Å². The van der Waals surface area contributed by atoms with Gasteiger partial charge < -0.3 is 14.7 Å². The van der Waals surface area contributed by atoms with Crippen molar-refractivity contribution in [2.24, 2.45) is 5.90 Å². The first kappa shape index (κ1) is 13.6. The highest BCUT2D eigenvalue weighted by Crippen LogP contribution is 2.36. The van der Waals surface area contributed by atoms with E-state index in [9.17, 15) is 9.90 Å². The van der Waals surface area contributed by atoms with E-state index in [1.807, 2.05) is 0 Å². The number of hydrogen-bond acceptors (Lipinski definition) is 5. The van der Waals surface area contributed by atoms with E-state index in [1.54, 1.807) is 12.1 Å². The first-order chi connectivity index (χ1) is 8.10. The van der Waals surface area contributed by atoms with Crippen molar-refractivity contribution in [2.75, 3.05) is 7.11 Å². The summed E-state index contributed by atoms with van der Waals surface area (Å²) in [5.41, 5.74) is 0.745. The number of aromatic hydroxyl groups is 1. The zero-order valence-corrected chi connectivity index (χ0v) is 10.2. The maximum absolute atomic E-state index is 10.8. The molecular formula is C11H14ClNO4. The predicted molar refractivity (Wildman–Crippen MR) is 62.9 cm³/mol. The highest BCUT2D eigenvalue weighted by molar-refractivity contribution is 6.33. The Labute approximate surface area is 104 Å².